The van der Waals surface area contributed by atoms with Gasteiger partial charge in [-0.2, -0.15) is 0 Å². The number of aromatic nitrogens is 1. The lowest BCUT2D eigenvalue weighted by atomic mass is 10.1. The Morgan fingerprint density at radius 1 is 1.02 bits per heavy atom. The number of pyridine rings is 1. The molecule has 2 unspecified atom stereocenters. The summed E-state index contributed by atoms with van der Waals surface area (Å²) in [5.74, 6) is -1.91. The number of halogens is 2. The molecule has 43 heavy (non-hydrogen) atoms. The summed E-state index contributed by atoms with van der Waals surface area (Å²) in [5, 5.41) is 17.4. The minimum absolute atomic E-state index is 0.0415. The van der Waals surface area contributed by atoms with Gasteiger partial charge in [-0.05, 0) is 37.8 Å². The van der Waals surface area contributed by atoms with Gasteiger partial charge in [0, 0.05) is 30.7 Å². The number of likely N-dealkylation sites (N-methyl/N-ethyl adjacent to an activating group) is 1. The molecule has 2 aromatic carbocycles. The fraction of sp³-hybridized carbons (Fsp3) is 0.393. The number of rotatable bonds is 15. The maximum atomic E-state index is 14.0. The number of carbonyl (C=O) groups is 2. The zero-order valence-electron chi connectivity index (χ0n) is 24.0. The second-order valence-corrected chi connectivity index (χ2v) is 10.9. The lowest BCUT2D eigenvalue weighted by Gasteiger charge is -2.30. The fourth-order valence-corrected chi connectivity index (χ4v) is 5.15. The number of amides is 3. The van der Waals surface area contributed by atoms with Crippen LogP contribution in [0.1, 0.15) is 25.8 Å². The molecule has 0 radical (unpaired) electrons. The van der Waals surface area contributed by atoms with Crippen LogP contribution >= 0.6 is 7.82 Å². The van der Waals surface area contributed by atoms with Gasteiger partial charge in [0.2, 0.25) is 0 Å². The van der Waals surface area contributed by atoms with Crippen molar-refractivity contribution in [1.82, 2.24) is 15.2 Å². The molecule has 0 aliphatic rings. The summed E-state index contributed by atoms with van der Waals surface area (Å²) in [6.45, 7) is 2.08. The number of carbonyl (C=O) groups excluding carboxylic acids is 2. The molecule has 1 aromatic heterocycles. The van der Waals surface area contributed by atoms with Gasteiger partial charge < -0.3 is 20.1 Å². The predicted molar refractivity (Wildman–Crippen MR) is 154 cm³/mol. The van der Waals surface area contributed by atoms with Gasteiger partial charge in [-0.15, -0.1) is 0 Å². The first-order chi connectivity index (χ1) is 20.5. The average Bonchev–Trinajstić information content (AvgIpc) is 2.98. The Labute approximate surface area is 247 Å². The van der Waals surface area contributed by atoms with E-state index in [1.165, 1.54) is 19.2 Å². The lowest BCUT2D eigenvalue weighted by Crippen LogP contribution is -2.47. The van der Waals surface area contributed by atoms with Crippen LogP contribution < -0.4 is 10.6 Å². The summed E-state index contributed by atoms with van der Waals surface area (Å²) in [5.41, 5.74) is -0.0761. The zero-order valence-corrected chi connectivity index (χ0v) is 24.9. The van der Waals surface area contributed by atoms with E-state index < -0.39 is 50.3 Å². The Hall–Kier alpha value is -3.68. The number of phosphoric ester groups is 1. The molecule has 3 rings (SSSR count). The van der Waals surface area contributed by atoms with Crippen molar-refractivity contribution >= 4 is 36.5 Å². The van der Waals surface area contributed by atoms with E-state index >= 15 is 0 Å². The molecule has 0 bridgehead atoms. The molecule has 0 aliphatic carbocycles. The minimum Gasteiger partial charge on any atom is -0.447 e. The van der Waals surface area contributed by atoms with Crippen molar-refractivity contribution in [2.75, 3.05) is 38.8 Å². The molecule has 15 heteroatoms. The number of nitrogens with zero attached hydrogens (tertiary/aromatic N) is 2. The molecule has 0 spiro atoms. The van der Waals surface area contributed by atoms with Crippen LogP contribution in [0.2, 0.25) is 0 Å². The molecule has 2 atom stereocenters. The molecular weight excluding hydrogens is 589 g/mol. The van der Waals surface area contributed by atoms with Crippen LogP contribution in [-0.4, -0.2) is 72.7 Å². The monoisotopic (exact) mass is 624 g/mol. The highest BCUT2D eigenvalue weighted by Gasteiger charge is 2.30. The van der Waals surface area contributed by atoms with Crippen LogP contribution in [0, 0.1) is 11.6 Å². The number of hydrogen-bond acceptors (Lipinski definition) is 9. The summed E-state index contributed by atoms with van der Waals surface area (Å²) in [6.07, 6.45) is -0.777. The van der Waals surface area contributed by atoms with E-state index in [-0.39, 0.29) is 44.2 Å². The topological polar surface area (TPSA) is 149 Å². The van der Waals surface area contributed by atoms with Crippen molar-refractivity contribution in [2.45, 2.75) is 39.0 Å². The predicted octanol–water partition coefficient (Wildman–Crippen LogP) is 5.22. The van der Waals surface area contributed by atoms with Gasteiger partial charge in [-0.25, -0.2) is 27.9 Å². The first-order valence-electron chi connectivity index (χ1n) is 13.5. The first kappa shape index (κ1) is 33.8. The maximum Gasteiger partial charge on any atom is 0.474 e. The summed E-state index contributed by atoms with van der Waals surface area (Å²) < 4.78 is 60.9. The summed E-state index contributed by atoms with van der Waals surface area (Å²) in [6, 6.07) is 11.0. The number of phosphoric acid groups is 1. The Kier molecular flexibility index (Phi) is 12.8. The van der Waals surface area contributed by atoms with Crippen molar-refractivity contribution in [3.63, 3.8) is 0 Å². The van der Waals surface area contributed by atoms with Crippen LogP contribution in [0.15, 0.2) is 54.7 Å². The first-order valence-corrected chi connectivity index (χ1v) is 14.9. The van der Waals surface area contributed by atoms with Crippen LogP contribution in [0.25, 0.3) is 10.8 Å². The SMILES string of the molecule is CCOP(=O)(OCC)OCC(O)CC(COC(=O)Nc1cc2ccccc2cn1)N(C)C(=O)NCc1cccc(F)c1F. The van der Waals surface area contributed by atoms with E-state index in [9.17, 15) is 28.0 Å². The van der Waals surface area contributed by atoms with Crippen molar-refractivity contribution < 1.29 is 46.3 Å². The van der Waals surface area contributed by atoms with E-state index in [0.717, 1.165) is 21.7 Å². The molecule has 3 aromatic rings. The zero-order chi connectivity index (χ0) is 31.4. The molecule has 0 saturated heterocycles. The number of hydrogen-bond donors (Lipinski definition) is 3. The Morgan fingerprint density at radius 2 is 1.72 bits per heavy atom. The molecule has 0 saturated carbocycles. The standard InChI is InChI=1S/C28H35F2N4O8P/c1-4-40-43(38,41-5-2)42-18-23(35)14-22(34(3)27(36)32-16-21-11-8-12-24(29)26(21)30)17-39-28(37)33-25-13-19-9-6-7-10-20(19)15-31-25/h6-13,15,22-23,35H,4-5,14,16-18H2,1-3H3,(H,32,36)(H,31,33,37). The van der Waals surface area contributed by atoms with Gasteiger partial charge >= 0.3 is 19.9 Å². The maximum absolute atomic E-state index is 14.0. The normalized spacial score (nSPS) is 12.9. The summed E-state index contributed by atoms with van der Waals surface area (Å²) in [4.78, 5) is 30.8. The summed E-state index contributed by atoms with van der Waals surface area (Å²) in [7, 11) is -2.55. The second kappa shape index (κ2) is 16.2. The van der Waals surface area contributed by atoms with Crippen molar-refractivity contribution in [1.29, 1.82) is 0 Å². The quantitative estimate of drug-likeness (QED) is 0.194. The van der Waals surface area contributed by atoms with Gasteiger partial charge in [0.15, 0.2) is 11.6 Å². The Bertz CT molecular complexity index is 1420. The lowest BCUT2D eigenvalue weighted by molar-refractivity contribution is 0.0353. The van der Waals surface area contributed by atoms with Gasteiger partial charge in [0.1, 0.15) is 12.4 Å². The molecule has 1 heterocycles. The third-order valence-electron chi connectivity index (χ3n) is 6.14. The third kappa shape index (κ3) is 10.2. The number of nitrogens with one attached hydrogen (secondary N) is 2. The number of anilines is 1. The van der Waals surface area contributed by atoms with E-state index in [0.29, 0.717) is 0 Å². The van der Waals surface area contributed by atoms with E-state index in [2.05, 4.69) is 15.6 Å². The molecule has 3 N–H and O–H groups in total. The van der Waals surface area contributed by atoms with Crippen LogP contribution in [0.5, 0.6) is 0 Å². The van der Waals surface area contributed by atoms with Crippen LogP contribution in [0.3, 0.4) is 0 Å². The molecule has 12 nitrogen and oxygen atoms in total. The minimum atomic E-state index is -3.92. The van der Waals surface area contributed by atoms with Gasteiger partial charge in [0.25, 0.3) is 0 Å². The Morgan fingerprint density at radius 3 is 2.42 bits per heavy atom. The van der Waals surface area contributed by atoms with Crippen LogP contribution in [0.4, 0.5) is 24.2 Å². The summed E-state index contributed by atoms with van der Waals surface area (Å²) >= 11 is 0. The third-order valence-corrected chi connectivity index (χ3v) is 7.76. The number of aliphatic hydroxyl groups is 1. The van der Waals surface area contributed by atoms with Crippen molar-refractivity contribution in [3.8, 4) is 0 Å². The molecular formula is C28H35F2N4O8P. The average molecular weight is 625 g/mol. The largest absolute Gasteiger partial charge is 0.474 e. The molecule has 3 amide bonds. The van der Waals surface area contributed by atoms with Gasteiger partial charge in [-0.1, -0.05) is 36.4 Å². The van der Waals surface area contributed by atoms with Crippen molar-refractivity contribution in [2.24, 2.45) is 0 Å². The smallest absolute Gasteiger partial charge is 0.447 e. The van der Waals surface area contributed by atoms with Gasteiger partial charge in [0.05, 0.1) is 32.0 Å². The van der Waals surface area contributed by atoms with E-state index in [4.69, 9.17) is 18.3 Å². The second-order valence-electron chi connectivity index (χ2n) is 9.24. The highest BCUT2D eigenvalue weighted by molar-refractivity contribution is 7.48. The number of aliphatic hydroxyl groups excluding tert-OH is 1. The molecule has 0 aliphatic heterocycles. The highest BCUT2D eigenvalue weighted by Crippen LogP contribution is 2.49. The van der Waals surface area contributed by atoms with E-state index in [1.807, 2.05) is 24.3 Å². The Balaban J connectivity index is 1.66. The fourth-order valence-electron chi connectivity index (χ4n) is 3.94. The number of fused-ring (bicyclic) bond motifs is 1. The van der Waals surface area contributed by atoms with Crippen LogP contribution in [-0.2, 0) is 29.4 Å². The van der Waals surface area contributed by atoms with Crippen molar-refractivity contribution in [3.05, 3.63) is 71.9 Å². The number of urea groups is 1. The highest BCUT2D eigenvalue weighted by atomic mass is 31.2. The molecule has 234 valence electrons. The molecule has 0 fully saturated rings. The number of benzene rings is 2. The van der Waals surface area contributed by atoms with E-state index in [1.54, 1.807) is 26.1 Å². The number of ether oxygens (including phenoxy) is 1. The van der Waals surface area contributed by atoms with Gasteiger partial charge in [-0.3, -0.25) is 18.9 Å².